The van der Waals surface area contributed by atoms with E-state index in [9.17, 15) is 9.90 Å². The van der Waals surface area contributed by atoms with Gasteiger partial charge in [-0.1, -0.05) is 13.8 Å². The number of carbonyl (C=O) groups is 1. The summed E-state index contributed by atoms with van der Waals surface area (Å²) in [5.74, 6) is 0.509. The number of nitrogens with one attached hydrogen (secondary N) is 2. The molecule has 6 nitrogen and oxygen atoms in total. The zero-order chi connectivity index (χ0) is 14.0. The van der Waals surface area contributed by atoms with Gasteiger partial charge in [-0.05, 0) is 25.2 Å². The largest absolute Gasteiger partial charge is 0.395 e. The average Bonchev–Trinajstić information content (AvgIpc) is 3.11. The summed E-state index contributed by atoms with van der Waals surface area (Å²) in [6.07, 6.45) is 2.92. The molecular formula is C13H22N4O2. The van der Waals surface area contributed by atoms with Crippen LogP contribution in [0.4, 0.5) is 5.69 Å². The van der Waals surface area contributed by atoms with Crippen LogP contribution < -0.4 is 11.1 Å². The molecule has 1 atom stereocenters. The number of aliphatic hydroxyl groups is 1. The van der Waals surface area contributed by atoms with E-state index in [-0.39, 0.29) is 24.2 Å². The average molecular weight is 266 g/mol. The molecular weight excluding hydrogens is 244 g/mol. The number of aromatic nitrogens is 2. The summed E-state index contributed by atoms with van der Waals surface area (Å²) in [7, 11) is 0. The Hall–Kier alpha value is -1.56. The van der Waals surface area contributed by atoms with Gasteiger partial charge in [0.05, 0.1) is 24.0 Å². The standard InChI is InChI=1S/C13H22N4O2/c1-7(2)5-9(6-18)15-13(19)12-10(14)11(16-17-12)8-3-4-8/h7-9,18H,3-6,14H2,1-2H3,(H,15,19)(H,16,17). The lowest BCUT2D eigenvalue weighted by molar-refractivity contribution is 0.0904. The number of H-pyrrole nitrogens is 1. The number of anilines is 1. The summed E-state index contributed by atoms with van der Waals surface area (Å²) in [4.78, 5) is 12.1. The Morgan fingerprint density at radius 2 is 2.26 bits per heavy atom. The van der Waals surface area contributed by atoms with Crippen LogP contribution in [0.2, 0.25) is 0 Å². The summed E-state index contributed by atoms with van der Waals surface area (Å²) in [5.41, 5.74) is 7.50. The van der Waals surface area contributed by atoms with Crippen molar-refractivity contribution in [1.82, 2.24) is 15.5 Å². The molecule has 19 heavy (non-hydrogen) atoms. The Balaban J connectivity index is 2.02. The molecule has 6 heteroatoms. The first-order valence-electron chi connectivity index (χ1n) is 6.78. The first kappa shape index (κ1) is 13.9. The zero-order valence-electron chi connectivity index (χ0n) is 11.4. The number of amides is 1. The maximum Gasteiger partial charge on any atom is 0.274 e. The molecule has 1 aliphatic carbocycles. The Kier molecular flexibility index (Phi) is 4.09. The second-order valence-corrected chi connectivity index (χ2v) is 5.66. The van der Waals surface area contributed by atoms with Crippen LogP contribution in [0.3, 0.4) is 0 Å². The summed E-state index contributed by atoms with van der Waals surface area (Å²) >= 11 is 0. The van der Waals surface area contributed by atoms with E-state index in [0.29, 0.717) is 17.5 Å². The Bertz CT molecular complexity index is 451. The van der Waals surface area contributed by atoms with Crippen LogP contribution in [-0.2, 0) is 0 Å². The predicted molar refractivity (Wildman–Crippen MR) is 72.8 cm³/mol. The predicted octanol–water partition coefficient (Wildman–Crippen LogP) is 1.01. The molecule has 0 aliphatic heterocycles. The fourth-order valence-electron chi connectivity index (χ4n) is 2.22. The van der Waals surface area contributed by atoms with E-state index in [1.165, 1.54) is 0 Å². The highest BCUT2D eigenvalue weighted by molar-refractivity contribution is 5.97. The number of rotatable bonds is 6. The molecule has 0 saturated heterocycles. The maximum absolute atomic E-state index is 12.1. The van der Waals surface area contributed by atoms with E-state index in [0.717, 1.165) is 25.0 Å². The normalized spacial score (nSPS) is 16.6. The Morgan fingerprint density at radius 1 is 1.58 bits per heavy atom. The quantitative estimate of drug-likeness (QED) is 0.616. The molecule has 1 saturated carbocycles. The number of nitrogens with zero attached hydrogens (tertiary/aromatic N) is 1. The number of nitrogens with two attached hydrogens (primary N) is 1. The highest BCUT2D eigenvalue weighted by Crippen LogP contribution is 2.42. The molecule has 0 bridgehead atoms. The smallest absolute Gasteiger partial charge is 0.274 e. The summed E-state index contributed by atoms with van der Waals surface area (Å²) in [6.45, 7) is 4.01. The van der Waals surface area contributed by atoms with Crippen LogP contribution in [0.5, 0.6) is 0 Å². The second-order valence-electron chi connectivity index (χ2n) is 5.66. The molecule has 106 valence electrons. The molecule has 0 aromatic carbocycles. The lowest BCUT2D eigenvalue weighted by atomic mass is 10.0. The molecule has 0 radical (unpaired) electrons. The third-order valence-electron chi connectivity index (χ3n) is 3.35. The van der Waals surface area contributed by atoms with E-state index in [4.69, 9.17) is 5.73 Å². The zero-order valence-corrected chi connectivity index (χ0v) is 11.4. The van der Waals surface area contributed by atoms with Crippen LogP contribution in [0.1, 0.15) is 55.2 Å². The molecule has 1 amide bonds. The highest BCUT2D eigenvalue weighted by atomic mass is 16.3. The molecule has 0 spiro atoms. The fraction of sp³-hybridized carbons (Fsp3) is 0.692. The van der Waals surface area contributed by atoms with Crippen molar-refractivity contribution in [3.05, 3.63) is 11.4 Å². The minimum absolute atomic E-state index is 0.0796. The van der Waals surface area contributed by atoms with Crippen molar-refractivity contribution in [3.8, 4) is 0 Å². The van der Waals surface area contributed by atoms with Crippen LogP contribution in [0, 0.1) is 5.92 Å². The van der Waals surface area contributed by atoms with E-state index in [1.807, 2.05) is 13.8 Å². The van der Waals surface area contributed by atoms with Gasteiger partial charge >= 0.3 is 0 Å². The van der Waals surface area contributed by atoms with Gasteiger partial charge in [0, 0.05) is 5.92 Å². The molecule has 1 heterocycles. The first-order chi connectivity index (χ1) is 9.02. The van der Waals surface area contributed by atoms with Gasteiger partial charge in [-0.25, -0.2) is 0 Å². The third kappa shape index (κ3) is 3.26. The van der Waals surface area contributed by atoms with Crippen molar-refractivity contribution >= 4 is 11.6 Å². The number of hydrogen-bond donors (Lipinski definition) is 4. The van der Waals surface area contributed by atoms with Gasteiger partial charge in [-0.15, -0.1) is 0 Å². The van der Waals surface area contributed by atoms with Crippen LogP contribution in [0.15, 0.2) is 0 Å². The maximum atomic E-state index is 12.1. The van der Waals surface area contributed by atoms with Crippen molar-refractivity contribution in [2.45, 2.75) is 45.1 Å². The summed E-state index contributed by atoms with van der Waals surface area (Å²) < 4.78 is 0. The van der Waals surface area contributed by atoms with Gasteiger partial charge in [0.1, 0.15) is 0 Å². The minimum Gasteiger partial charge on any atom is -0.395 e. The van der Waals surface area contributed by atoms with Crippen LogP contribution >= 0.6 is 0 Å². The first-order valence-corrected chi connectivity index (χ1v) is 6.78. The van der Waals surface area contributed by atoms with Crippen molar-refractivity contribution in [2.24, 2.45) is 5.92 Å². The molecule has 1 aliphatic rings. The lowest BCUT2D eigenvalue weighted by Crippen LogP contribution is -2.38. The van der Waals surface area contributed by atoms with Gasteiger partial charge in [0.2, 0.25) is 0 Å². The molecule has 1 unspecified atom stereocenters. The van der Waals surface area contributed by atoms with E-state index in [1.54, 1.807) is 0 Å². The van der Waals surface area contributed by atoms with Crippen molar-refractivity contribution in [3.63, 3.8) is 0 Å². The SMILES string of the molecule is CC(C)CC(CO)NC(=O)c1n[nH]c(C2CC2)c1N. The van der Waals surface area contributed by atoms with Crippen molar-refractivity contribution in [2.75, 3.05) is 12.3 Å². The summed E-state index contributed by atoms with van der Waals surface area (Å²) in [5, 5.41) is 18.9. The molecule has 2 rings (SSSR count). The molecule has 5 N–H and O–H groups in total. The summed E-state index contributed by atoms with van der Waals surface area (Å²) in [6, 6.07) is -0.257. The van der Waals surface area contributed by atoms with E-state index >= 15 is 0 Å². The second kappa shape index (κ2) is 5.61. The Labute approximate surface area is 112 Å². The van der Waals surface area contributed by atoms with Gasteiger partial charge in [0.15, 0.2) is 5.69 Å². The van der Waals surface area contributed by atoms with E-state index < -0.39 is 0 Å². The van der Waals surface area contributed by atoms with Gasteiger partial charge in [0.25, 0.3) is 5.91 Å². The third-order valence-corrected chi connectivity index (χ3v) is 3.35. The van der Waals surface area contributed by atoms with Crippen molar-refractivity contribution < 1.29 is 9.90 Å². The van der Waals surface area contributed by atoms with E-state index in [2.05, 4.69) is 15.5 Å². The number of aliphatic hydroxyl groups excluding tert-OH is 1. The number of hydrogen-bond acceptors (Lipinski definition) is 4. The van der Waals surface area contributed by atoms with Gasteiger partial charge in [-0.2, -0.15) is 5.10 Å². The van der Waals surface area contributed by atoms with Gasteiger partial charge in [-0.3, -0.25) is 9.89 Å². The van der Waals surface area contributed by atoms with Crippen LogP contribution in [-0.4, -0.2) is 33.9 Å². The Morgan fingerprint density at radius 3 is 2.79 bits per heavy atom. The highest BCUT2D eigenvalue weighted by Gasteiger charge is 2.30. The fourth-order valence-corrected chi connectivity index (χ4v) is 2.22. The lowest BCUT2D eigenvalue weighted by Gasteiger charge is -2.17. The molecule has 1 fully saturated rings. The van der Waals surface area contributed by atoms with Crippen molar-refractivity contribution in [1.29, 1.82) is 0 Å². The monoisotopic (exact) mass is 266 g/mol. The minimum atomic E-state index is -0.319. The van der Waals surface area contributed by atoms with Gasteiger partial charge < -0.3 is 16.2 Å². The number of nitrogen functional groups attached to an aromatic ring is 1. The molecule has 1 aromatic heterocycles. The molecule has 1 aromatic rings. The number of carbonyl (C=O) groups excluding carboxylic acids is 1. The number of aromatic amines is 1. The van der Waals surface area contributed by atoms with Crippen LogP contribution in [0.25, 0.3) is 0 Å². The topological polar surface area (TPSA) is 104 Å².